The maximum absolute atomic E-state index is 12.3. The van der Waals surface area contributed by atoms with Crippen LogP contribution in [0.1, 0.15) is 22.0 Å². The van der Waals surface area contributed by atoms with Crippen molar-refractivity contribution in [1.82, 2.24) is 4.98 Å². The normalized spacial score (nSPS) is 11.2. The first-order chi connectivity index (χ1) is 11.6. The van der Waals surface area contributed by atoms with E-state index in [1.54, 1.807) is 42.5 Å². The van der Waals surface area contributed by atoms with E-state index in [0.717, 1.165) is 16.5 Å². The molecule has 0 atom stereocenters. The van der Waals surface area contributed by atoms with Gasteiger partial charge in [0.25, 0.3) is 5.91 Å². The van der Waals surface area contributed by atoms with Gasteiger partial charge in [0.1, 0.15) is 5.69 Å². The monoisotopic (exact) mass is 344 g/mol. The predicted molar refractivity (Wildman–Crippen MR) is 94.6 cm³/mol. The maximum atomic E-state index is 12.3. The zero-order valence-corrected chi connectivity index (χ0v) is 13.5. The van der Waals surface area contributed by atoms with Crippen LogP contribution >= 0.6 is 11.6 Å². The number of carbonyl (C=O) groups is 1. The molecule has 0 aliphatic rings. The molecule has 3 aromatic rings. The van der Waals surface area contributed by atoms with Gasteiger partial charge in [-0.05, 0) is 42.0 Å². The van der Waals surface area contributed by atoms with Gasteiger partial charge >= 0.3 is 0 Å². The molecule has 5 nitrogen and oxygen atoms in total. The molecule has 24 heavy (non-hydrogen) atoms. The number of aromatic nitrogens is 1. The van der Waals surface area contributed by atoms with Crippen LogP contribution in [0.5, 0.6) is 0 Å². The van der Waals surface area contributed by atoms with Crippen LogP contribution in [0.3, 0.4) is 0 Å². The third-order valence-corrected chi connectivity index (χ3v) is 4.14. The van der Waals surface area contributed by atoms with E-state index < -0.39 is 0 Å². The Morgan fingerprint density at radius 1 is 1.08 bits per heavy atom. The van der Waals surface area contributed by atoms with Gasteiger partial charge in [0.05, 0.1) is 13.2 Å². The first-order valence-electron chi connectivity index (χ1n) is 7.52. The lowest BCUT2D eigenvalue weighted by atomic mass is 10.0. The second-order valence-electron chi connectivity index (χ2n) is 5.55. The fourth-order valence-corrected chi connectivity index (χ4v) is 2.71. The molecule has 4 N–H and O–H groups in total. The summed E-state index contributed by atoms with van der Waals surface area (Å²) in [6, 6.07) is 14.2. The third-order valence-electron chi connectivity index (χ3n) is 3.91. The largest absolute Gasteiger partial charge is 0.396 e. The van der Waals surface area contributed by atoms with Gasteiger partial charge in [0, 0.05) is 27.5 Å². The average Bonchev–Trinajstić information content (AvgIpc) is 3.00. The SMILES string of the molecule is O=C(Nc1ccc(C(CO)CO)cc1)c1cc2cc(Cl)ccc2[nH]1. The van der Waals surface area contributed by atoms with Crippen LogP contribution in [0.25, 0.3) is 10.9 Å². The van der Waals surface area contributed by atoms with E-state index in [0.29, 0.717) is 16.4 Å². The number of rotatable bonds is 5. The van der Waals surface area contributed by atoms with Crippen molar-refractivity contribution in [2.45, 2.75) is 5.92 Å². The van der Waals surface area contributed by atoms with E-state index in [1.807, 2.05) is 6.07 Å². The molecule has 1 aromatic heterocycles. The molecule has 1 amide bonds. The summed E-state index contributed by atoms with van der Waals surface area (Å²) in [4.78, 5) is 15.4. The van der Waals surface area contributed by atoms with Gasteiger partial charge in [-0.3, -0.25) is 4.79 Å². The van der Waals surface area contributed by atoms with Crippen molar-refractivity contribution in [2.75, 3.05) is 18.5 Å². The quantitative estimate of drug-likeness (QED) is 0.573. The summed E-state index contributed by atoms with van der Waals surface area (Å²) >= 11 is 5.95. The first-order valence-corrected chi connectivity index (χ1v) is 7.90. The molecule has 6 heteroatoms. The number of aliphatic hydroxyl groups is 2. The summed E-state index contributed by atoms with van der Waals surface area (Å²) in [5, 5.41) is 22.7. The number of amides is 1. The Balaban J connectivity index is 1.76. The van der Waals surface area contributed by atoms with Crippen LogP contribution < -0.4 is 5.32 Å². The molecule has 0 saturated carbocycles. The van der Waals surface area contributed by atoms with Crippen molar-refractivity contribution in [3.8, 4) is 0 Å². The molecule has 3 rings (SSSR count). The average molecular weight is 345 g/mol. The van der Waals surface area contributed by atoms with Gasteiger partial charge in [-0.15, -0.1) is 0 Å². The Labute approximate surface area is 143 Å². The number of H-pyrrole nitrogens is 1. The fourth-order valence-electron chi connectivity index (χ4n) is 2.53. The minimum absolute atomic E-state index is 0.125. The lowest BCUT2D eigenvalue weighted by Crippen LogP contribution is -2.13. The van der Waals surface area contributed by atoms with Crippen molar-refractivity contribution >= 4 is 34.1 Å². The lowest BCUT2D eigenvalue weighted by Gasteiger charge is -2.12. The summed E-state index contributed by atoms with van der Waals surface area (Å²) in [5.41, 5.74) is 2.74. The molecule has 2 aromatic carbocycles. The Morgan fingerprint density at radius 2 is 1.79 bits per heavy atom. The topological polar surface area (TPSA) is 85.3 Å². The molecule has 0 aliphatic heterocycles. The molecule has 0 saturated heterocycles. The van der Waals surface area contributed by atoms with E-state index in [2.05, 4.69) is 10.3 Å². The maximum Gasteiger partial charge on any atom is 0.272 e. The van der Waals surface area contributed by atoms with Crippen molar-refractivity contribution in [3.05, 3.63) is 64.8 Å². The van der Waals surface area contributed by atoms with E-state index in [-0.39, 0.29) is 25.0 Å². The molecule has 0 unspecified atom stereocenters. The summed E-state index contributed by atoms with van der Waals surface area (Å²) in [6.45, 7) is -0.250. The molecule has 124 valence electrons. The Kier molecular flexibility index (Phi) is 4.85. The highest BCUT2D eigenvalue weighted by Crippen LogP contribution is 2.21. The number of benzene rings is 2. The minimum atomic E-state index is -0.312. The molecule has 0 aliphatic carbocycles. The molecule has 1 heterocycles. The van der Waals surface area contributed by atoms with Gasteiger partial charge in [-0.1, -0.05) is 23.7 Å². The summed E-state index contributed by atoms with van der Waals surface area (Å²) in [7, 11) is 0. The van der Waals surface area contributed by atoms with Gasteiger partial charge in [-0.25, -0.2) is 0 Å². The molecule has 0 bridgehead atoms. The van der Waals surface area contributed by atoms with Crippen LogP contribution in [-0.4, -0.2) is 34.3 Å². The first kappa shape index (κ1) is 16.5. The smallest absolute Gasteiger partial charge is 0.272 e. The second-order valence-corrected chi connectivity index (χ2v) is 5.99. The van der Waals surface area contributed by atoms with Gasteiger partial charge in [0.2, 0.25) is 0 Å². The predicted octanol–water partition coefficient (Wildman–Crippen LogP) is 3.14. The van der Waals surface area contributed by atoms with E-state index in [9.17, 15) is 15.0 Å². The van der Waals surface area contributed by atoms with Crippen LogP contribution in [0.15, 0.2) is 48.5 Å². The molecular weight excluding hydrogens is 328 g/mol. The Bertz CT molecular complexity index is 854. The van der Waals surface area contributed by atoms with Gasteiger partial charge < -0.3 is 20.5 Å². The van der Waals surface area contributed by atoms with Crippen molar-refractivity contribution in [3.63, 3.8) is 0 Å². The highest BCUT2D eigenvalue weighted by atomic mass is 35.5. The minimum Gasteiger partial charge on any atom is -0.396 e. The number of hydrogen-bond acceptors (Lipinski definition) is 3. The van der Waals surface area contributed by atoms with Crippen LogP contribution in [0.4, 0.5) is 5.69 Å². The van der Waals surface area contributed by atoms with Gasteiger partial charge in [0.15, 0.2) is 0 Å². The number of aliphatic hydroxyl groups excluding tert-OH is 2. The number of fused-ring (bicyclic) bond motifs is 1. The highest BCUT2D eigenvalue weighted by molar-refractivity contribution is 6.31. The summed E-state index contributed by atoms with van der Waals surface area (Å²) in [5.74, 6) is -0.566. The molecule has 0 spiro atoms. The molecular formula is C18H17ClN2O3. The van der Waals surface area contributed by atoms with Crippen molar-refractivity contribution < 1.29 is 15.0 Å². The van der Waals surface area contributed by atoms with Crippen LogP contribution in [0, 0.1) is 0 Å². The fraction of sp³-hybridized carbons (Fsp3) is 0.167. The van der Waals surface area contributed by atoms with Crippen molar-refractivity contribution in [1.29, 1.82) is 0 Å². The number of aromatic amines is 1. The number of nitrogens with one attached hydrogen (secondary N) is 2. The number of anilines is 1. The van der Waals surface area contributed by atoms with Crippen LogP contribution in [-0.2, 0) is 0 Å². The zero-order valence-electron chi connectivity index (χ0n) is 12.8. The summed E-state index contributed by atoms with van der Waals surface area (Å²) < 4.78 is 0. The molecule has 0 radical (unpaired) electrons. The summed E-state index contributed by atoms with van der Waals surface area (Å²) in [6.07, 6.45) is 0. The standard InChI is InChI=1S/C18H17ClN2O3/c19-14-3-6-16-12(7-14)8-17(21-16)18(24)20-15-4-1-11(2-5-15)13(9-22)10-23/h1-8,13,21-23H,9-10H2,(H,20,24). The van der Waals surface area contributed by atoms with E-state index in [1.165, 1.54) is 0 Å². The van der Waals surface area contributed by atoms with E-state index >= 15 is 0 Å². The van der Waals surface area contributed by atoms with Crippen LogP contribution in [0.2, 0.25) is 5.02 Å². The Morgan fingerprint density at radius 3 is 2.46 bits per heavy atom. The second kappa shape index (κ2) is 7.05. The number of halogens is 1. The number of hydrogen-bond donors (Lipinski definition) is 4. The van der Waals surface area contributed by atoms with E-state index in [4.69, 9.17) is 11.6 Å². The van der Waals surface area contributed by atoms with Gasteiger partial charge in [-0.2, -0.15) is 0 Å². The van der Waals surface area contributed by atoms with Crippen molar-refractivity contribution in [2.24, 2.45) is 0 Å². The number of carbonyl (C=O) groups excluding carboxylic acids is 1. The lowest BCUT2D eigenvalue weighted by molar-refractivity contribution is 0.102. The highest BCUT2D eigenvalue weighted by Gasteiger charge is 2.12. The third kappa shape index (κ3) is 3.43. The zero-order chi connectivity index (χ0) is 17.1. The Hall–Kier alpha value is -2.34. The molecule has 0 fully saturated rings.